The predicted molar refractivity (Wildman–Crippen MR) is 85.1 cm³/mol. The Kier molecular flexibility index (Phi) is 5.49. The molecule has 1 saturated heterocycles. The van der Waals surface area contributed by atoms with Crippen molar-refractivity contribution in [1.82, 2.24) is 10.2 Å². The van der Waals surface area contributed by atoms with Crippen molar-refractivity contribution in [1.29, 1.82) is 0 Å². The molecular weight excluding hydrogens is 248 g/mol. The van der Waals surface area contributed by atoms with E-state index in [9.17, 15) is 0 Å². The van der Waals surface area contributed by atoms with Crippen molar-refractivity contribution in [3.63, 3.8) is 0 Å². The third-order valence-corrected chi connectivity index (χ3v) is 5.32. The van der Waals surface area contributed by atoms with Crippen LogP contribution in [0, 0.1) is 5.41 Å². The van der Waals surface area contributed by atoms with Crippen LogP contribution in [0.15, 0.2) is 0 Å². The molecule has 3 heteroatoms. The van der Waals surface area contributed by atoms with E-state index in [4.69, 9.17) is 4.74 Å². The Balaban J connectivity index is 2.09. The Hall–Kier alpha value is -0.120. The van der Waals surface area contributed by atoms with Gasteiger partial charge in [0, 0.05) is 38.3 Å². The number of hydrogen-bond acceptors (Lipinski definition) is 3. The summed E-state index contributed by atoms with van der Waals surface area (Å²) in [5, 5.41) is 3.75. The highest BCUT2D eigenvalue weighted by Crippen LogP contribution is 2.33. The van der Waals surface area contributed by atoms with E-state index in [2.05, 4.69) is 37.9 Å². The van der Waals surface area contributed by atoms with E-state index in [0.717, 1.165) is 6.54 Å². The molecule has 0 aromatic rings. The molecule has 1 saturated carbocycles. The minimum Gasteiger partial charge on any atom is -0.381 e. The zero-order valence-electron chi connectivity index (χ0n) is 14.1. The highest BCUT2D eigenvalue weighted by molar-refractivity contribution is 4.96. The van der Waals surface area contributed by atoms with E-state index in [1.807, 2.05) is 7.11 Å². The Morgan fingerprint density at radius 1 is 1.25 bits per heavy atom. The van der Waals surface area contributed by atoms with Gasteiger partial charge in [0.2, 0.25) is 0 Å². The molecule has 0 aromatic carbocycles. The van der Waals surface area contributed by atoms with E-state index >= 15 is 0 Å². The summed E-state index contributed by atoms with van der Waals surface area (Å²) in [5.41, 5.74) is 0.339. The summed E-state index contributed by atoms with van der Waals surface area (Å²) in [4.78, 5) is 2.82. The molecule has 1 heterocycles. The lowest BCUT2D eigenvalue weighted by atomic mass is 9.80. The van der Waals surface area contributed by atoms with Gasteiger partial charge in [-0.3, -0.25) is 4.90 Å². The largest absolute Gasteiger partial charge is 0.381 e. The van der Waals surface area contributed by atoms with Crippen LogP contribution in [0.3, 0.4) is 0 Å². The molecule has 118 valence electrons. The molecule has 0 radical (unpaired) electrons. The lowest BCUT2D eigenvalue weighted by molar-refractivity contribution is -0.0269. The Morgan fingerprint density at radius 3 is 2.60 bits per heavy atom. The molecule has 0 bridgehead atoms. The van der Waals surface area contributed by atoms with Gasteiger partial charge in [0.25, 0.3) is 0 Å². The summed E-state index contributed by atoms with van der Waals surface area (Å²) >= 11 is 0. The standard InChI is InChI=1S/C17H34N2O/c1-6-13-12-19(16(11-18-13)17(2,3)4)14-8-7-9-15(10-14)20-5/h13-16,18H,6-12H2,1-5H3. The van der Waals surface area contributed by atoms with Gasteiger partial charge >= 0.3 is 0 Å². The number of ether oxygens (including phenoxy) is 1. The Bertz CT molecular complexity index is 300. The van der Waals surface area contributed by atoms with E-state index in [1.165, 1.54) is 38.6 Å². The Labute approximate surface area is 125 Å². The first-order chi connectivity index (χ1) is 9.45. The first kappa shape index (κ1) is 16.3. The molecule has 2 rings (SSSR count). The summed E-state index contributed by atoms with van der Waals surface area (Å²) in [7, 11) is 1.88. The maximum absolute atomic E-state index is 5.64. The van der Waals surface area contributed by atoms with Crippen molar-refractivity contribution in [2.45, 2.75) is 84.0 Å². The highest BCUT2D eigenvalue weighted by Gasteiger charge is 2.39. The first-order valence-electron chi connectivity index (χ1n) is 8.47. The molecule has 1 aliphatic carbocycles. The smallest absolute Gasteiger partial charge is 0.0586 e. The summed E-state index contributed by atoms with van der Waals surface area (Å²) in [6.45, 7) is 11.8. The third kappa shape index (κ3) is 3.75. The second kappa shape index (κ2) is 6.76. The monoisotopic (exact) mass is 282 g/mol. The van der Waals surface area contributed by atoms with Gasteiger partial charge < -0.3 is 10.1 Å². The highest BCUT2D eigenvalue weighted by atomic mass is 16.5. The van der Waals surface area contributed by atoms with E-state index in [0.29, 0.717) is 29.6 Å². The van der Waals surface area contributed by atoms with Crippen LogP contribution in [0.4, 0.5) is 0 Å². The van der Waals surface area contributed by atoms with Crippen LogP contribution in [0.25, 0.3) is 0 Å². The average Bonchev–Trinajstić information content (AvgIpc) is 2.45. The van der Waals surface area contributed by atoms with Gasteiger partial charge in [-0.15, -0.1) is 0 Å². The molecule has 0 amide bonds. The fraction of sp³-hybridized carbons (Fsp3) is 1.00. The number of nitrogens with zero attached hydrogens (tertiary/aromatic N) is 1. The predicted octanol–water partition coefficient (Wildman–Crippen LogP) is 3.04. The van der Waals surface area contributed by atoms with Crippen LogP contribution >= 0.6 is 0 Å². The summed E-state index contributed by atoms with van der Waals surface area (Å²) in [6, 6.07) is 2.02. The molecular formula is C17H34N2O. The fourth-order valence-corrected chi connectivity index (χ4v) is 3.96. The Morgan fingerprint density at radius 2 is 2.00 bits per heavy atom. The van der Waals surface area contributed by atoms with Crippen molar-refractivity contribution in [2.75, 3.05) is 20.2 Å². The minimum absolute atomic E-state index is 0.339. The number of nitrogens with one attached hydrogen (secondary N) is 1. The minimum atomic E-state index is 0.339. The van der Waals surface area contributed by atoms with Gasteiger partial charge in [-0.2, -0.15) is 0 Å². The van der Waals surface area contributed by atoms with Crippen LogP contribution in [0.2, 0.25) is 0 Å². The fourth-order valence-electron chi connectivity index (χ4n) is 3.96. The topological polar surface area (TPSA) is 24.5 Å². The second-order valence-corrected chi connectivity index (χ2v) is 7.77. The molecule has 2 aliphatic rings. The van der Waals surface area contributed by atoms with Crippen LogP contribution < -0.4 is 5.32 Å². The number of hydrogen-bond donors (Lipinski definition) is 1. The van der Waals surface area contributed by atoms with E-state index in [1.54, 1.807) is 0 Å². The summed E-state index contributed by atoms with van der Waals surface area (Å²) in [5.74, 6) is 0. The third-order valence-electron chi connectivity index (χ3n) is 5.32. The van der Waals surface area contributed by atoms with Crippen LogP contribution in [-0.4, -0.2) is 49.3 Å². The van der Waals surface area contributed by atoms with Crippen molar-refractivity contribution in [3.05, 3.63) is 0 Å². The van der Waals surface area contributed by atoms with Crippen molar-refractivity contribution < 1.29 is 4.74 Å². The number of rotatable bonds is 3. The van der Waals surface area contributed by atoms with Crippen LogP contribution in [0.1, 0.15) is 59.8 Å². The lowest BCUT2D eigenvalue weighted by Crippen LogP contribution is -2.63. The van der Waals surface area contributed by atoms with Gasteiger partial charge in [0.15, 0.2) is 0 Å². The normalized spacial score (nSPS) is 37.0. The second-order valence-electron chi connectivity index (χ2n) is 7.77. The molecule has 20 heavy (non-hydrogen) atoms. The molecule has 0 spiro atoms. The van der Waals surface area contributed by atoms with Gasteiger partial charge in [0.05, 0.1) is 6.10 Å². The SMILES string of the molecule is CCC1CN(C2CCCC(OC)C2)C(C(C)(C)C)CN1. The van der Waals surface area contributed by atoms with Crippen molar-refractivity contribution in [3.8, 4) is 0 Å². The van der Waals surface area contributed by atoms with Gasteiger partial charge in [-0.25, -0.2) is 0 Å². The van der Waals surface area contributed by atoms with E-state index < -0.39 is 0 Å². The maximum atomic E-state index is 5.64. The maximum Gasteiger partial charge on any atom is 0.0586 e. The molecule has 3 nitrogen and oxygen atoms in total. The number of methoxy groups -OCH3 is 1. The summed E-state index contributed by atoms with van der Waals surface area (Å²) < 4.78 is 5.64. The van der Waals surface area contributed by atoms with Gasteiger partial charge in [-0.05, 0) is 37.5 Å². The average molecular weight is 282 g/mol. The van der Waals surface area contributed by atoms with Crippen molar-refractivity contribution >= 4 is 0 Å². The lowest BCUT2D eigenvalue weighted by Gasteiger charge is -2.51. The molecule has 4 atom stereocenters. The zero-order chi connectivity index (χ0) is 14.8. The summed E-state index contributed by atoms with van der Waals surface area (Å²) in [6.07, 6.45) is 6.84. The molecule has 1 N–H and O–H groups in total. The number of piperazine rings is 1. The first-order valence-corrected chi connectivity index (χ1v) is 8.47. The molecule has 2 fully saturated rings. The van der Waals surface area contributed by atoms with Gasteiger partial charge in [-0.1, -0.05) is 27.7 Å². The van der Waals surface area contributed by atoms with Crippen LogP contribution in [0.5, 0.6) is 0 Å². The van der Waals surface area contributed by atoms with Crippen molar-refractivity contribution in [2.24, 2.45) is 5.41 Å². The molecule has 0 aromatic heterocycles. The van der Waals surface area contributed by atoms with E-state index in [-0.39, 0.29) is 0 Å². The molecule has 4 unspecified atom stereocenters. The zero-order valence-corrected chi connectivity index (χ0v) is 14.1. The molecule has 1 aliphatic heterocycles. The quantitative estimate of drug-likeness (QED) is 0.861. The van der Waals surface area contributed by atoms with Crippen LogP contribution in [-0.2, 0) is 4.74 Å². The van der Waals surface area contributed by atoms with Gasteiger partial charge in [0.1, 0.15) is 0 Å².